The van der Waals surface area contributed by atoms with Crippen molar-refractivity contribution in [1.82, 2.24) is 4.31 Å². The number of hydrogen-bond acceptors (Lipinski definition) is 4. The first-order valence-electron chi connectivity index (χ1n) is 6.93. The number of piperidine rings is 1. The van der Waals surface area contributed by atoms with Gasteiger partial charge in [-0.25, -0.2) is 8.42 Å². The van der Waals surface area contributed by atoms with Gasteiger partial charge < -0.3 is 11.5 Å². The summed E-state index contributed by atoms with van der Waals surface area (Å²) in [7, 11) is -3.53. The average Bonchev–Trinajstić information content (AvgIpc) is 2.41. The highest BCUT2D eigenvalue weighted by Gasteiger charge is 2.35. The maximum Gasteiger partial charge on any atom is 0.221 e. The number of nitrogens with zero attached hydrogens (tertiary/aromatic N) is 1. The van der Waals surface area contributed by atoms with Crippen LogP contribution < -0.4 is 11.5 Å². The zero-order chi connectivity index (χ0) is 15.6. The van der Waals surface area contributed by atoms with E-state index in [1.54, 1.807) is 24.3 Å². The van der Waals surface area contributed by atoms with Crippen molar-refractivity contribution in [3.8, 4) is 0 Å². The van der Waals surface area contributed by atoms with E-state index < -0.39 is 21.8 Å². The van der Waals surface area contributed by atoms with Crippen LogP contribution in [0.4, 0.5) is 5.69 Å². The molecule has 1 aliphatic rings. The van der Waals surface area contributed by atoms with Gasteiger partial charge in [0.1, 0.15) is 0 Å². The second kappa shape index (κ2) is 6.03. The molecule has 0 bridgehead atoms. The van der Waals surface area contributed by atoms with Gasteiger partial charge in [-0.05, 0) is 31.4 Å². The van der Waals surface area contributed by atoms with Gasteiger partial charge in [0.25, 0.3) is 0 Å². The zero-order valence-electron chi connectivity index (χ0n) is 12.0. The van der Waals surface area contributed by atoms with Crippen LogP contribution in [0.3, 0.4) is 0 Å². The van der Waals surface area contributed by atoms with E-state index in [0.717, 1.165) is 0 Å². The third-order valence-electron chi connectivity index (χ3n) is 3.98. The Morgan fingerprint density at radius 2 is 2.00 bits per heavy atom. The van der Waals surface area contributed by atoms with Crippen molar-refractivity contribution in [1.29, 1.82) is 0 Å². The van der Waals surface area contributed by atoms with Gasteiger partial charge in [0.05, 0.1) is 11.7 Å². The van der Waals surface area contributed by atoms with Gasteiger partial charge in [0.2, 0.25) is 15.9 Å². The van der Waals surface area contributed by atoms with Crippen LogP contribution in [0.5, 0.6) is 0 Å². The van der Waals surface area contributed by atoms with Gasteiger partial charge in [-0.15, -0.1) is 0 Å². The molecule has 116 valence electrons. The molecule has 2 unspecified atom stereocenters. The predicted octanol–water partition coefficient (Wildman–Crippen LogP) is 0.684. The number of carbonyl (C=O) groups is 1. The molecule has 7 heteroatoms. The molecule has 0 spiro atoms. The fourth-order valence-electron chi connectivity index (χ4n) is 2.64. The predicted molar refractivity (Wildman–Crippen MR) is 81.6 cm³/mol. The molecule has 6 nitrogen and oxygen atoms in total. The first kappa shape index (κ1) is 15.8. The Balaban J connectivity index is 2.21. The lowest BCUT2D eigenvalue weighted by atomic mass is 9.95. The molecule has 0 saturated carbocycles. The summed E-state index contributed by atoms with van der Waals surface area (Å²) in [5, 5.41) is 0. The lowest BCUT2D eigenvalue weighted by Gasteiger charge is -2.35. The molecule has 1 fully saturated rings. The number of nitrogen functional groups attached to an aromatic ring is 1. The maximum atomic E-state index is 12.6. The highest BCUT2D eigenvalue weighted by Crippen LogP contribution is 2.27. The molecular weight excluding hydrogens is 290 g/mol. The third kappa shape index (κ3) is 3.54. The largest absolute Gasteiger partial charge is 0.398 e. The fraction of sp³-hybridized carbons (Fsp3) is 0.500. The van der Waals surface area contributed by atoms with E-state index in [1.165, 1.54) is 4.31 Å². The lowest BCUT2D eigenvalue weighted by molar-refractivity contribution is -0.123. The topological polar surface area (TPSA) is 106 Å². The van der Waals surface area contributed by atoms with Gasteiger partial charge in [0.15, 0.2) is 0 Å². The number of nitrogens with two attached hydrogens (primary N) is 2. The molecule has 0 aliphatic carbocycles. The second-order valence-corrected chi connectivity index (χ2v) is 7.47. The highest BCUT2D eigenvalue weighted by atomic mass is 32.2. The number of primary amides is 1. The van der Waals surface area contributed by atoms with Gasteiger partial charge in [-0.1, -0.05) is 18.2 Å². The van der Waals surface area contributed by atoms with E-state index in [-0.39, 0.29) is 18.3 Å². The highest BCUT2D eigenvalue weighted by molar-refractivity contribution is 7.88. The minimum atomic E-state index is -3.53. The zero-order valence-corrected chi connectivity index (χ0v) is 12.8. The first-order valence-corrected chi connectivity index (χ1v) is 8.54. The summed E-state index contributed by atoms with van der Waals surface area (Å²) in [5.74, 6) is -1.01. The standard InChI is InChI=1S/C14H21N3O3S/c1-10-6-7-11(14(16)18)8-17(10)21(19,20)9-12-4-2-3-5-13(12)15/h2-5,10-11H,6-9,15H2,1H3,(H2,16,18). The van der Waals surface area contributed by atoms with Gasteiger partial charge >= 0.3 is 0 Å². The van der Waals surface area contributed by atoms with Gasteiger partial charge in [0, 0.05) is 18.3 Å². The molecule has 1 aromatic rings. The molecule has 2 rings (SSSR count). The summed E-state index contributed by atoms with van der Waals surface area (Å²) < 4.78 is 26.6. The fourth-order valence-corrected chi connectivity index (χ4v) is 4.52. The maximum absolute atomic E-state index is 12.6. The van der Waals surface area contributed by atoms with Crippen LogP contribution >= 0.6 is 0 Å². The number of carbonyl (C=O) groups excluding carboxylic acids is 1. The summed E-state index contributed by atoms with van der Waals surface area (Å²) in [5.41, 5.74) is 12.2. The van der Waals surface area contributed by atoms with E-state index in [9.17, 15) is 13.2 Å². The van der Waals surface area contributed by atoms with Crippen molar-refractivity contribution in [3.05, 3.63) is 29.8 Å². The molecule has 1 amide bonds. The quantitative estimate of drug-likeness (QED) is 0.797. The van der Waals surface area contributed by atoms with Crippen molar-refractivity contribution in [2.75, 3.05) is 12.3 Å². The van der Waals surface area contributed by atoms with Crippen molar-refractivity contribution in [2.45, 2.75) is 31.6 Å². The number of hydrogen-bond donors (Lipinski definition) is 2. The number of benzene rings is 1. The molecule has 2 atom stereocenters. The molecule has 0 radical (unpaired) electrons. The summed E-state index contributed by atoms with van der Waals surface area (Å²) in [6, 6.07) is 6.77. The second-order valence-electron chi connectivity index (χ2n) is 5.55. The van der Waals surface area contributed by atoms with Crippen LogP contribution in [-0.2, 0) is 20.6 Å². The van der Waals surface area contributed by atoms with Crippen molar-refractivity contribution in [2.24, 2.45) is 11.7 Å². The molecule has 1 aliphatic heterocycles. The van der Waals surface area contributed by atoms with Crippen LogP contribution in [0.25, 0.3) is 0 Å². The van der Waals surface area contributed by atoms with E-state index in [1.807, 2.05) is 6.92 Å². The summed E-state index contributed by atoms with van der Waals surface area (Å²) in [6.07, 6.45) is 1.27. The smallest absolute Gasteiger partial charge is 0.221 e. The molecule has 1 aromatic carbocycles. The summed E-state index contributed by atoms with van der Waals surface area (Å²) in [4.78, 5) is 11.3. The Kier molecular flexibility index (Phi) is 4.53. The van der Waals surface area contributed by atoms with E-state index >= 15 is 0 Å². The van der Waals surface area contributed by atoms with Crippen LogP contribution in [0.15, 0.2) is 24.3 Å². The molecule has 1 heterocycles. The Bertz CT molecular complexity index is 630. The monoisotopic (exact) mass is 311 g/mol. The van der Waals surface area contributed by atoms with Crippen molar-refractivity contribution in [3.63, 3.8) is 0 Å². The van der Waals surface area contributed by atoms with Crippen LogP contribution in [0.1, 0.15) is 25.3 Å². The molecular formula is C14H21N3O3S. The summed E-state index contributed by atoms with van der Waals surface area (Å²) >= 11 is 0. The molecule has 1 saturated heterocycles. The van der Waals surface area contributed by atoms with Crippen LogP contribution in [0, 0.1) is 5.92 Å². The SMILES string of the molecule is CC1CCC(C(N)=O)CN1S(=O)(=O)Cc1ccccc1N. The lowest BCUT2D eigenvalue weighted by Crippen LogP contribution is -2.48. The van der Waals surface area contributed by atoms with E-state index in [4.69, 9.17) is 11.5 Å². The number of rotatable bonds is 4. The number of sulfonamides is 1. The van der Waals surface area contributed by atoms with Crippen LogP contribution in [0.2, 0.25) is 0 Å². The normalized spacial score (nSPS) is 23.9. The minimum Gasteiger partial charge on any atom is -0.398 e. The third-order valence-corrected chi connectivity index (χ3v) is 5.88. The Hall–Kier alpha value is -1.60. The first-order chi connectivity index (χ1) is 9.81. The average molecular weight is 311 g/mol. The number of para-hydroxylation sites is 1. The summed E-state index contributed by atoms with van der Waals surface area (Å²) in [6.45, 7) is 2.01. The van der Waals surface area contributed by atoms with E-state index in [2.05, 4.69) is 0 Å². The molecule has 21 heavy (non-hydrogen) atoms. The number of amides is 1. The van der Waals surface area contributed by atoms with E-state index in [0.29, 0.717) is 24.1 Å². The number of anilines is 1. The molecule has 4 N–H and O–H groups in total. The van der Waals surface area contributed by atoms with Crippen LogP contribution in [-0.4, -0.2) is 31.2 Å². The Morgan fingerprint density at radius 3 is 2.62 bits per heavy atom. The molecule has 0 aromatic heterocycles. The van der Waals surface area contributed by atoms with Crippen molar-refractivity contribution >= 4 is 21.6 Å². The Labute approximate surface area is 125 Å². The van der Waals surface area contributed by atoms with Gasteiger partial charge in [-0.2, -0.15) is 4.31 Å². The van der Waals surface area contributed by atoms with Crippen molar-refractivity contribution < 1.29 is 13.2 Å². The Morgan fingerprint density at radius 1 is 1.33 bits per heavy atom. The minimum absolute atomic E-state index is 0.129. The van der Waals surface area contributed by atoms with Gasteiger partial charge in [-0.3, -0.25) is 4.79 Å².